The number of nitrogen functional groups attached to an aromatic ring is 1. The molecule has 0 radical (unpaired) electrons. The third-order valence-corrected chi connectivity index (χ3v) is 3.25. The predicted octanol–water partition coefficient (Wildman–Crippen LogP) is 0.255. The number of hydrogen-bond acceptors (Lipinski definition) is 6. The molecule has 0 fully saturated rings. The van der Waals surface area contributed by atoms with Crippen LogP contribution in [0.5, 0.6) is 0 Å². The topological polar surface area (TPSA) is 111 Å². The minimum Gasteiger partial charge on any atom is -0.384 e. The molecule has 2 heterocycles. The van der Waals surface area contributed by atoms with Crippen molar-refractivity contribution >= 4 is 21.5 Å². The second-order valence-corrected chi connectivity index (χ2v) is 4.83. The molecule has 0 unspecified atom stereocenters. The van der Waals surface area contributed by atoms with Crippen molar-refractivity contribution in [3.8, 4) is 0 Å². The van der Waals surface area contributed by atoms with Crippen molar-refractivity contribution in [1.29, 1.82) is 0 Å². The highest BCUT2D eigenvalue weighted by atomic mass is 32.2. The number of rotatable bonds is 3. The zero-order valence-corrected chi connectivity index (χ0v) is 9.42. The van der Waals surface area contributed by atoms with Gasteiger partial charge in [0.1, 0.15) is 12.1 Å². The van der Waals surface area contributed by atoms with Gasteiger partial charge >= 0.3 is 0 Å². The lowest BCUT2D eigenvalue weighted by Crippen LogP contribution is -2.13. The third-order valence-electron chi connectivity index (χ3n) is 1.88. The summed E-state index contributed by atoms with van der Waals surface area (Å²) < 4.78 is 26.1. The predicted molar refractivity (Wildman–Crippen MR) is 61.5 cm³/mol. The zero-order valence-electron chi connectivity index (χ0n) is 8.61. The molecule has 8 heteroatoms. The minimum absolute atomic E-state index is 0.0360. The van der Waals surface area contributed by atoms with Gasteiger partial charge in [0.2, 0.25) is 0 Å². The van der Waals surface area contributed by atoms with Crippen LogP contribution in [-0.2, 0) is 10.0 Å². The van der Waals surface area contributed by atoms with Gasteiger partial charge in [-0.3, -0.25) is 4.72 Å². The van der Waals surface area contributed by atoms with Gasteiger partial charge in [0, 0.05) is 12.3 Å². The first-order valence-corrected chi connectivity index (χ1v) is 6.05. The van der Waals surface area contributed by atoms with Crippen molar-refractivity contribution in [2.45, 2.75) is 4.90 Å². The first kappa shape index (κ1) is 11.3. The summed E-state index contributed by atoms with van der Waals surface area (Å²) >= 11 is 0. The van der Waals surface area contributed by atoms with E-state index in [1.807, 2.05) is 0 Å². The lowest BCUT2D eigenvalue weighted by atomic mass is 10.5. The summed E-state index contributed by atoms with van der Waals surface area (Å²) in [5.74, 6) is 0.136. The molecule has 0 bridgehead atoms. The van der Waals surface area contributed by atoms with Crippen LogP contribution in [0, 0.1) is 0 Å². The van der Waals surface area contributed by atoms with Gasteiger partial charge in [-0.2, -0.15) is 0 Å². The molecule has 2 aromatic rings. The maximum absolute atomic E-state index is 11.9. The van der Waals surface area contributed by atoms with E-state index in [1.165, 1.54) is 37.1 Å². The molecule has 88 valence electrons. The highest BCUT2D eigenvalue weighted by Gasteiger charge is 2.14. The number of pyridine rings is 1. The van der Waals surface area contributed by atoms with Crippen molar-refractivity contribution in [3.05, 3.63) is 37.1 Å². The van der Waals surface area contributed by atoms with E-state index in [9.17, 15) is 8.42 Å². The number of anilines is 2. The van der Waals surface area contributed by atoms with E-state index >= 15 is 0 Å². The molecular formula is C9H9N5O2S. The molecule has 0 saturated carbocycles. The Morgan fingerprint density at radius 3 is 2.59 bits per heavy atom. The Labute approximate surface area is 97.8 Å². The molecule has 0 atom stereocenters. The monoisotopic (exact) mass is 251 g/mol. The minimum atomic E-state index is -3.69. The van der Waals surface area contributed by atoms with Crippen LogP contribution in [0.15, 0.2) is 41.9 Å². The summed E-state index contributed by atoms with van der Waals surface area (Å²) in [4.78, 5) is 11.2. The summed E-state index contributed by atoms with van der Waals surface area (Å²) in [6.45, 7) is 0. The first-order valence-electron chi connectivity index (χ1n) is 4.57. The fraction of sp³-hybridized carbons (Fsp3) is 0. The van der Waals surface area contributed by atoms with Gasteiger partial charge in [0.25, 0.3) is 10.0 Å². The van der Waals surface area contributed by atoms with Gasteiger partial charge in [-0.25, -0.2) is 23.4 Å². The number of aromatic nitrogens is 3. The number of hydrogen-bond donors (Lipinski definition) is 2. The summed E-state index contributed by atoms with van der Waals surface area (Å²) in [6.07, 6.45) is 5.35. The average molecular weight is 251 g/mol. The van der Waals surface area contributed by atoms with Crippen molar-refractivity contribution in [1.82, 2.24) is 15.0 Å². The van der Waals surface area contributed by atoms with Gasteiger partial charge in [-0.15, -0.1) is 0 Å². The Balaban J connectivity index is 2.32. The molecule has 0 aromatic carbocycles. The number of nitrogens with two attached hydrogens (primary N) is 1. The fourth-order valence-corrected chi connectivity index (χ4v) is 2.21. The van der Waals surface area contributed by atoms with Gasteiger partial charge in [-0.05, 0) is 6.07 Å². The van der Waals surface area contributed by atoms with Crippen LogP contribution in [0.4, 0.5) is 11.5 Å². The van der Waals surface area contributed by atoms with Gasteiger partial charge in [0.05, 0.1) is 23.0 Å². The van der Waals surface area contributed by atoms with Crippen LogP contribution in [-0.4, -0.2) is 23.4 Å². The molecule has 0 saturated heterocycles. The Bertz CT molecular complexity index is 614. The van der Waals surface area contributed by atoms with E-state index in [4.69, 9.17) is 5.73 Å². The van der Waals surface area contributed by atoms with Crippen molar-refractivity contribution in [2.75, 3.05) is 10.5 Å². The van der Waals surface area contributed by atoms with E-state index in [0.717, 1.165) is 0 Å². The SMILES string of the molecule is Nc1cc(S(=O)(=O)Nc2cncnc2)ccn1. The largest absolute Gasteiger partial charge is 0.384 e. The zero-order chi connectivity index (χ0) is 12.3. The van der Waals surface area contributed by atoms with E-state index < -0.39 is 10.0 Å². The second-order valence-electron chi connectivity index (χ2n) is 3.15. The lowest BCUT2D eigenvalue weighted by Gasteiger charge is -2.06. The second kappa shape index (κ2) is 4.34. The van der Waals surface area contributed by atoms with Crippen LogP contribution in [0.3, 0.4) is 0 Å². The van der Waals surface area contributed by atoms with Crippen LogP contribution in [0.2, 0.25) is 0 Å². The van der Waals surface area contributed by atoms with Gasteiger partial charge < -0.3 is 5.73 Å². The molecule has 2 rings (SSSR count). The van der Waals surface area contributed by atoms with E-state index in [2.05, 4.69) is 19.7 Å². The Kier molecular flexibility index (Phi) is 2.88. The highest BCUT2D eigenvalue weighted by Crippen LogP contribution is 2.14. The number of nitrogens with zero attached hydrogens (tertiary/aromatic N) is 3. The van der Waals surface area contributed by atoms with Crippen molar-refractivity contribution < 1.29 is 8.42 Å². The molecule has 3 N–H and O–H groups in total. The maximum Gasteiger partial charge on any atom is 0.262 e. The summed E-state index contributed by atoms with van der Waals surface area (Å²) in [5, 5.41) is 0. The van der Waals surface area contributed by atoms with Gasteiger partial charge in [0.15, 0.2) is 0 Å². The Morgan fingerprint density at radius 2 is 1.94 bits per heavy atom. The normalized spacial score (nSPS) is 11.1. The Hall–Kier alpha value is -2.22. The standard InChI is InChI=1S/C9H9N5O2S/c10-9-3-8(1-2-13-9)17(15,16)14-7-4-11-6-12-5-7/h1-6,14H,(H2,10,13). The lowest BCUT2D eigenvalue weighted by molar-refractivity contribution is 0.601. The van der Waals surface area contributed by atoms with Crippen LogP contribution in [0.25, 0.3) is 0 Å². The molecule has 0 aliphatic carbocycles. The number of sulfonamides is 1. The van der Waals surface area contributed by atoms with Crippen LogP contribution >= 0.6 is 0 Å². The molecule has 0 aliphatic heterocycles. The molecule has 2 aromatic heterocycles. The van der Waals surface area contributed by atoms with Gasteiger partial charge in [-0.1, -0.05) is 0 Å². The fourth-order valence-electron chi connectivity index (χ4n) is 1.16. The average Bonchev–Trinajstić information content (AvgIpc) is 2.30. The van der Waals surface area contributed by atoms with Crippen molar-refractivity contribution in [3.63, 3.8) is 0 Å². The highest BCUT2D eigenvalue weighted by molar-refractivity contribution is 7.92. The molecular weight excluding hydrogens is 242 g/mol. The summed E-state index contributed by atoms with van der Waals surface area (Å²) in [6, 6.07) is 2.62. The smallest absolute Gasteiger partial charge is 0.262 e. The molecule has 0 amide bonds. The molecule has 7 nitrogen and oxygen atoms in total. The van der Waals surface area contributed by atoms with E-state index in [1.54, 1.807) is 0 Å². The van der Waals surface area contributed by atoms with E-state index in [-0.39, 0.29) is 16.4 Å². The molecule has 0 aliphatic rings. The Morgan fingerprint density at radius 1 is 1.24 bits per heavy atom. The summed E-state index contributed by atoms with van der Waals surface area (Å²) in [5.41, 5.74) is 5.70. The number of nitrogens with one attached hydrogen (secondary N) is 1. The van der Waals surface area contributed by atoms with Crippen LogP contribution in [0.1, 0.15) is 0 Å². The van der Waals surface area contributed by atoms with E-state index in [0.29, 0.717) is 0 Å². The quantitative estimate of drug-likeness (QED) is 0.809. The first-order chi connectivity index (χ1) is 8.08. The summed E-state index contributed by atoms with van der Waals surface area (Å²) in [7, 11) is -3.69. The van der Waals surface area contributed by atoms with Crippen molar-refractivity contribution in [2.24, 2.45) is 0 Å². The maximum atomic E-state index is 11.9. The van der Waals surface area contributed by atoms with Crippen LogP contribution < -0.4 is 10.5 Å². The third kappa shape index (κ3) is 2.67. The molecule has 17 heavy (non-hydrogen) atoms. The molecule has 0 spiro atoms.